The van der Waals surface area contributed by atoms with Gasteiger partial charge in [0.2, 0.25) is 5.91 Å². The van der Waals surface area contributed by atoms with Crippen LogP contribution in [0.15, 0.2) is 59.4 Å². The van der Waals surface area contributed by atoms with Crippen molar-refractivity contribution < 1.29 is 9.53 Å². The SMILES string of the molecule is COc1ccc(-c2nc(C)cc3nn(CC(=O)Nc4ccc(Cl)cc4)c(=O)n23)cc1. The van der Waals surface area contributed by atoms with Crippen LogP contribution in [0.1, 0.15) is 5.69 Å². The quantitative estimate of drug-likeness (QED) is 0.532. The Kier molecular flexibility index (Phi) is 5.24. The number of fused-ring (bicyclic) bond motifs is 1. The van der Waals surface area contributed by atoms with E-state index in [-0.39, 0.29) is 12.5 Å². The van der Waals surface area contributed by atoms with Gasteiger partial charge < -0.3 is 10.1 Å². The highest BCUT2D eigenvalue weighted by Crippen LogP contribution is 2.21. The molecule has 152 valence electrons. The van der Waals surface area contributed by atoms with E-state index in [2.05, 4.69) is 15.4 Å². The number of anilines is 1. The molecule has 2 aromatic carbocycles. The van der Waals surface area contributed by atoms with Gasteiger partial charge in [0.15, 0.2) is 5.65 Å². The number of aryl methyl sites for hydroxylation is 1. The first kappa shape index (κ1) is 19.7. The summed E-state index contributed by atoms with van der Waals surface area (Å²) in [5.41, 5.74) is 1.98. The number of methoxy groups -OCH3 is 1. The smallest absolute Gasteiger partial charge is 0.352 e. The monoisotopic (exact) mass is 423 g/mol. The molecule has 1 amide bonds. The summed E-state index contributed by atoms with van der Waals surface area (Å²) in [6, 6.07) is 15.6. The lowest BCUT2D eigenvalue weighted by molar-refractivity contribution is -0.117. The minimum atomic E-state index is -0.449. The Bertz CT molecular complexity index is 1280. The van der Waals surface area contributed by atoms with Crippen LogP contribution in [0.4, 0.5) is 5.69 Å². The largest absolute Gasteiger partial charge is 0.497 e. The lowest BCUT2D eigenvalue weighted by Gasteiger charge is -2.06. The summed E-state index contributed by atoms with van der Waals surface area (Å²) < 4.78 is 7.70. The first-order chi connectivity index (χ1) is 14.4. The Morgan fingerprint density at radius 3 is 2.50 bits per heavy atom. The van der Waals surface area contributed by atoms with Crippen LogP contribution in [0, 0.1) is 6.92 Å². The second kappa shape index (κ2) is 8.00. The van der Waals surface area contributed by atoms with Crippen molar-refractivity contribution in [2.45, 2.75) is 13.5 Å². The van der Waals surface area contributed by atoms with Gasteiger partial charge in [-0.15, -0.1) is 5.10 Å². The molecule has 8 nitrogen and oxygen atoms in total. The fourth-order valence-electron chi connectivity index (χ4n) is 3.06. The average Bonchev–Trinajstić information content (AvgIpc) is 3.04. The highest BCUT2D eigenvalue weighted by atomic mass is 35.5. The predicted octanol–water partition coefficient (Wildman–Crippen LogP) is 3.17. The third-order valence-corrected chi connectivity index (χ3v) is 4.72. The standard InChI is InChI=1S/C21H18ClN5O3/c1-13-11-18-25-26(12-19(28)24-16-7-5-15(22)6-8-16)21(29)27(18)20(23-13)14-3-9-17(30-2)10-4-14/h3-11H,12H2,1-2H3,(H,24,28). The molecule has 30 heavy (non-hydrogen) atoms. The van der Waals surface area contributed by atoms with Crippen LogP contribution >= 0.6 is 11.6 Å². The number of carbonyl (C=O) groups excluding carboxylic acids is 1. The number of aromatic nitrogens is 4. The fraction of sp³-hybridized carbons (Fsp3) is 0.143. The van der Waals surface area contributed by atoms with Crippen molar-refractivity contribution in [1.29, 1.82) is 0 Å². The zero-order chi connectivity index (χ0) is 21.3. The van der Waals surface area contributed by atoms with Crippen molar-refractivity contribution in [3.63, 3.8) is 0 Å². The Balaban J connectivity index is 1.68. The summed E-state index contributed by atoms with van der Waals surface area (Å²) in [7, 11) is 1.59. The predicted molar refractivity (Wildman–Crippen MR) is 114 cm³/mol. The zero-order valence-corrected chi connectivity index (χ0v) is 17.1. The second-order valence-corrected chi connectivity index (χ2v) is 7.07. The Morgan fingerprint density at radius 1 is 1.13 bits per heavy atom. The minimum Gasteiger partial charge on any atom is -0.497 e. The molecule has 0 aliphatic rings. The number of ether oxygens (including phenoxy) is 1. The summed E-state index contributed by atoms with van der Waals surface area (Å²) in [5, 5.41) is 7.60. The Hall–Kier alpha value is -3.65. The molecule has 0 spiro atoms. The van der Waals surface area contributed by atoms with Gasteiger partial charge in [-0.05, 0) is 55.5 Å². The lowest BCUT2D eigenvalue weighted by atomic mass is 10.2. The van der Waals surface area contributed by atoms with Crippen LogP contribution in [0.3, 0.4) is 0 Å². The number of rotatable bonds is 5. The molecule has 0 bridgehead atoms. The van der Waals surface area contributed by atoms with E-state index in [0.717, 1.165) is 10.2 Å². The lowest BCUT2D eigenvalue weighted by Crippen LogP contribution is -2.28. The molecule has 1 N–H and O–H groups in total. The van der Waals surface area contributed by atoms with Crippen LogP contribution in [-0.4, -0.2) is 32.2 Å². The minimum absolute atomic E-state index is 0.232. The first-order valence-electron chi connectivity index (χ1n) is 9.11. The number of nitrogens with zero attached hydrogens (tertiary/aromatic N) is 4. The molecule has 0 aliphatic heterocycles. The third kappa shape index (κ3) is 3.90. The van der Waals surface area contributed by atoms with Crippen molar-refractivity contribution >= 4 is 28.8 Å². The van der Waals surface area contributed by atoms with E-state index in [0.29, 0.717) is 33.6 Å². The summed E-state index contributed by atoms with van der Waals surface area (Å²) in [6.07, 6.45) is 0. The van der Waals surface area contributed by atoms with Gasteiger partial charge in [-0.25, -0.2) is 18.9 Å². The van der Waals surface area contributed by atoms with E-state index in [4.69, 9.17) is 16.3 Å². The van der Waals surface area contributed by atoms with Gasteiger partial charge in [0.25, 0.3) is 0 Å². The molecule has 0 aliphatic carbocycles. The molecule has 0 atom stereocenters. The number of benzene rings is 2. The maximum atomic E-state index is 13.0. The molecule has 9 heteroatoms. The van der Waals surface area contributed by atoms with E-state index < -0.39 is 5.69 Å². The van der Waals surface area contributed by atoms with Crippen LogP contribution in [0.25, 0.3) is 17.0 Å². The first-order valence-corrected chi connectivity index (χ1v) is 9.49. The van der Waals surface area contributed by atoms with Gasteiger partial charge in [0.05, 0.1) is 7.11 Å². The summed E-state index contributed by atoms with van der Waals surface area (Å²) >= 11 is 5.86. The van der Waals surface area contributed by atoms with Crippen molar-refractivity contribution in [3.05, 3.63) is 75.8 Å². The van der Waals surface area contributed by atoms with Crippen molar-refractivity contribution in [2.24, 2.45) is 0 Å². The topological polar surface area (TPSA) is 90.5 Å². The molecule has 4 aromatic rings. The van der Waals surface area contributed by atoms with Crippen LogP contribution in [0.2, 0.25) is 5.02 Å². The number of hydrogen-bond acceptors (Lipinski definition) is 5. The van der Waals surface area contributed by atoms with E-state index >= 15 is 0 Å². The second-order valence-electron chi connectivity index (χ2n) is 6.64. The number of halogens is 1. The summed E-state index contributed by atoms with van der Waals surface area (Å²) in [4.78, 5) is 29.9. The number of nitrogens with one attached hydrogen (secondary N) is 1. The van der Waals surface area contributed by atoms with Crippen LogP contribution in [-0.2, 0) is 11.3 Å². The normalized spacial score (nSPS) is 10.9. The average molecular weight is 424 g/mol. The van der Waals surface area contributed by atoms with E-state index in [1.54, 1.807) is 49.6 Å². The van der Waals surface area contributed by atoms with Gasteiger partial charge in [-0.2, -0.15) is 0 Å². The molecule has 2 aromatic heterocycles. The molecule has 0 radical (unpaired) electrons. The third-order valence-electron chi connectivity index (χ3n) is 4.47. The molecular formula is C21H18ClN5O3. The highest BCUT2D eigenvalue weighted by molar-refractivity contribution is 6.30. The Morgan fingerprint density at radius 2 is 1.83 bits per heavy atom. The number of amides is 1. The zero-order valence-electron chi connectivity index (χ0n) is 16.3. The van der Waals surface area contributed by atoms with Gasteiger partial charge in [0, 0.05) is 28.0 Å². The molecule has 0 saturated carbocycles. The van der Waals surface area contributed by atoms with Crippen molar-refractivity contribution in [3.8, 4) is 17.1 Å². The molecular weight excluding hydrogens is 406 g/mol. The molecule has 0 unspecified atom stereocenters. The van der Waals surface area contributed by atoms with Crippen molar-refractivity contribution in [1.82, 2.24) is 19.2 Å². The van der Waals surface area contributed by atoms with E-state index in [9.17, 15) is 9.59 Å². The van der Waals surface area contributed by atoms with Crippen LogP contribution in [0.5, 0.6) is 5.75 Å². The van der Waals surface area contributed by atoms with Crippen LogP contribution < -0.4 is 15.7 Å². The maximum absolute atomic E-state index is 13.0. The van der Waals surface area contributed by atoms with Gasteiger partial charge in [-0.1, -0.05) is 11.6 Å². The molecule has 0 saturated heterocycles. The van der Waals surface area contributed by atoms with E-state index in [1.807, 2.05) is 19.1 Å². The fourth-order valence-corrected chi connectivity index (χ4v) is 3.19. The summed E-state index contributed by atoms with van der Waals surface area (Å²) in [5.74, 6) is 0.769. The van der Waals surface area contributed by atoms with E-state index in [1.165, 1.54) is 4.40 Å². The molecule has 2 heterocycles. The van der Waals surface area contributed by atoms with Gasteiger partial charge in [-0.3, -0.25) is 4.79 Å². The molecule has 0 fully saturated rings. The highest BCUT2D eigenvalue weighted by Gasteiger charge is 2.16. The van der Waals surface area contributed by atoms with Gasteiger partial charge >= 0.3 is 5.69 Å². The molecule has 4 rings (SSSR count). The summed E-state index contributed by atoms with van der Waals surface area (Å²) in [6.45, 7) is 1.59. The van der Waals surface area contributed by atoms with Crippen molar-refractivity contribution in [2.75, 3.05) is 12.4 Å². The maximum Gasteiger partial charge on any atom is 0.352 e. The number of hydrogen-bond donors (Lipinski definition) is 1. The van der Waals surface area contributed by atoms with Gasteiger partial charge in [0.1, 0.15) is 18.1 Å². The Labute approximate surface area is 176 Å². The number of carbonyl (C=O) groups is 1.